The molecule has 0 spiro atoms. The first-order valence-electron chi connectivity index (χ1n) is 37.4. The van der Waals surface area contributed by atoms with Gasteiger partial charge in [-0.05, 0) is 198 Å². The minimum absolute atomic E-state index is 0.716. The summed E-state index contributed by atoms with van der Waals surface area (Å²) in [5.74, 6) is 0.716. The van der Waals surface area contributed by atoms with Gasteiger partial charge in [0.15, 0.2) is 5.82 Å². The monoisotopic (exact) mass is 1650 g/mol. The molecule has 21 rings (SSSR count). The third-order valence-electron chi connectivity index (χ3n) is 20.5. The Hall–Kier alpha value is -13.7. The third kappa shape index (κ3) is 14.2. The number of benzene rings is 12. The Morgan fingerprint density at radius 1 is 0.175 bits per heavy atom. The van der Waals surface area contributed by atoms with Crippen LogP contribution in [-0.2, 0) is 0 Å². The largest absolute Gasteiger partial charge is 0.309 e. The van der Waals surface area contributed by atoms with Crippen LogP contribution in [-0.4, -0.2) is 48.6 Å². The van der Waals surface area contributed by atoms with Gasteiger partial charge in [0.1, 0.15) is 0 Å². The molecule has 0 N–H and O–H groups in total. The van der Waals surface area contributed by atoms with Crippen molar-refractivity contribution < 1.29 is 0 Å². The average Bonchev–Trinajstić information content (AvgIpc) is 1.53. The van der Waals surface area contributed by atoms with Gasteiger partial charge in [-0.15, -0.1) is 0 Å². The molecular weight excluding hydrogens is 1590 g/mol. The van der Waals surface area contributed by atoms with Crippen molar-refractivity contribution in [1.82, 2.24) is 48.6 Å². The number of hydrogen-bond acceptors (Lipinski definition) is 7. The Labute approximate surface area is 683 Å². The summed E-state index contributed by atoms with van der Waals surface area (Å²) < 4.78 is 10.2. The second-order valence-corrected chi connectivity index (χ2v) is 30.4. The minimum Gasteiger partial charge on any atom is -0.309 e. The van der Waals surface area contributed by atoms with Gasteiger partial charge < -0.3 is 13.7 Å². The molecule has 540 valence electrons. The van der Waals surface area contributed by atoms with E-state index in [1.807, 2.05) is 122 Å². The number of halogens is 3. The summed E-state index contributed by atoms with van der Waals surface area (Å²) in [4.78, 5) is 33.3. The lowest BCUT2D eigenvalue weighted by Crippen LogP contribution is -1.97. The van der Waals surface area contributed by atoms with Crippen LogP contribution in [0.3, 0.4) is 0 Å². The predicted molar refractivity (Wildman–Crippen MR) is 479 cm³/mol. The lowest BCUT2D eigenvalue weighted by Gasteiger charge is -2.13. The highest BCUT2D eigenvalue weighted by atomic mass is 79.9. The summed E-state index contributed by atoms with van der Waals surface area (Å²) in [6, 6.07) is 128. The fourth-order valence-electron chi connectivity index (χ4n) is 15.3. The van der Waals surface area contributed by atoms with Crippen LogP contribution in [0.15, 0.2) is 408 Å². The SMILES string of the molecule is Brc1ccc2c3ccccc3n(-c3cccc(-c4cc(-c5ccccc5)nc(-c5ccccc5)n4)c3)c2c1.Brc1ccc2c3ccccc3n(-c3cccc(-c4cc(-c5ccccn5)cc(-c5ccccn5)c4)c3)c2c1.Brc1ccc2c3ccccc3n(-c3cccc(-c4cc(-c5ccccn5)nc(-c5ccccn5)c4)c3)c2c1. The molecule has 0 aliphatic rings. The second kappa shape index (κ2) is 31.2. The maximum atomic E-state index is 5.03. The molecule has 9 aromatic heterocycles. The maximum absolute atomic E-state index is 5.03. The second-order valence-electron chi connectivity index (χ2n) is 27.7. The zero-order valence-corrected chi connectivity index (χ0v) is 65.9. The molecule has 0 unspecified atom stereocenters. The van der Waals surface area contributed by atoms with Gasteiger partial charge >= 0.3 is 0 Å². The summed E-state index contributed by atoms with van der Waals surface area (Å²) in [6.07, 6.45) is 7.27. The predicted octanol–water partition coefficient (Wildman–Crippen LogP) is 27.4. The number of hydrogen-bond donors (Lipinski definition) is 0. The van der Waals surface area contributed by atoms with E-state index in [0.29, 0.717) is 5.82 Å². The van der Waals surface area contributed by atoms with Crippen molar-refractivity contribution in [1.29, 1.82) is 0 Å². The van der Waals surface area contributed by atoms with Gasteiger partial charge in [0.2, 0.25) is 0 Å². The third-order valence-corrected chi connectivity index (χ3v) is 22.0. The van der Waals surface area contributed by atoms with Gasteiger partial charge in [0, 0.05) is 115 Å². The van der Waals surface area contributed by atoms with Crippen LogP contribution in [0, 0.1) is 0 Å². The molecule has 0 amide bonds. The van der Waals surface area contributed by atoms with Crippen LogP contribution in [0.4, 0.5) is 0 Å². The zero-order chi connectivity index (χ0) is 76.4. The Balaban J connectivity index is 0.000000115. The standard InChI is InChI=1S/2C34H22BrN3.C33H21BrN4/c35-26-18-19-29-28-16-7-8-17-32(28)38(33(29)21-26)27-15-9-14-25(20-27)31-22-30(23-10-3-1-4-11-23)36-34(37-31)24-12-5-2-6-13-24;35-27-14-15-30-29-10-1-2-13-33(29)38(34(30)22-27)28-9-7-8-23(21-28)24-18-25(31-11-3-5-16-36-31)20-26(19-24)32-12-4-6-17-37-32;34-24-14-15-27-26-10-1-2-13-32(26)38(33(27)21-24)25-9-7-8-22(18-25)23-19-30(28-11-3-5-16-35-28)37-31(20-23)29-12-4-6-17-36-29/h2*1-22H;1-21H. The molecule has 0 saturated carbocycles. The van der Waals surface area contributed by atoms with Crippen molar-refractivity contribution in [3.8, 4) is 119 Å². The fraction of sp³-hybridized carbons (Fsp3) is 0. The summed E-state index contributed by atoms with van der Waals surface area (Å²) in [5, 5.41) is 7.42. The van der Waals surface area contributed by atoms with E-state index < -0.39 is 0 Å². The van der Waals surface area contributed by atoms with Crippen LogP contribution >= 0.6 is 47.8 Å². The molecular formula is C101H65Br3N10. The first-order valence-corrected chi connectivity index (χ1v) is 39.8. The summed E-state index contributed by atoms with van der Waals surface area (Å²) in [6.45, 7) is 0. The van der Waals surface area contributed by atoms with Crippen molar-refractivity contribution in [3.63, 3.8) is 0 Å². The van der Waals surface area contributed by atoms with Crippen LogP contribution < -0.4 is 0 Å². The fourth-order valence-corrected chi connectivity index (χ4v) is 16.4. The Kier molecular flexibility index (Phi) is 19.4. The summed E-state index contributed by atoms with van der Waals surface area (Å²) >= 11 is 11.0. The van der Waals surface area contributed by atoms with Gasteiger partial charge in [-0.2, -0.15) is 0 Å². The molecule has 0 aliphatic carbocycles. The molecule has 0 atom stereocenters. The Morgan fingerprint density at radius 3 is 0.912 bits per heavy atom. The highest BCUT2D eigenvalue weighted by Crippen LogP contribution is 2.41. The molecule has 9 heterocycles. The average molecular weight is 1660 g/mol. The Bertz CT molecular complexity index is 6290. The van der Waals surface area contributed by atoms with Gasteiger partial charge in [0.05, 0.1) is 78.7 Å². The van der Waals surface area contributed by atoms with Crippen LogP contribution in [0.1, 0.15) is 0 Å². The van der Waals surface area contributed by atoms with Gasteiger partial charge in [-0.3, -0.25) is 19.9 Å². The van der Waals surface area contributed by atoms with E-state index >= 15 is 0 Å². The normalized spacial score (nSPS) is 11.3. The van der Waals surface area contributed by atoms with Crippen molar-refractivity contribution >= 4 is 113 Å². The number of fused-ring (bicyclic) bond motifs is 9. The first-order chi connectivity index (χ1) is 56.2. The van der Waals surface area contributed by atoms with Crippen LogP contribution in [0.25, 0.3) is 184 Å². The highest BCUT2D eigenvalue weighted by molar-refractivity contribution is 9.11. The highest BCUT2D eigenvalue weighted by Gasteiger charge is 2.20. The number of aromatic nitrogens is 10. The summed E-state index contributed by atoms with van der Waals surface area (Å²) in [5.41, 5.74) is 27.0. The number of nitrogens with zero attached hydrogens (tertiary/aromatic N) is 10. The van der Waals surface area contributed by atoms with E-state index in [9.17, 15) is 0 Å². The van der Waals surface area contributed by atoms with Crippen molar-refractivity contribution in [3.05, 3.63) is 408 Å². The van der Waals surface area contributed by atoms with E-state index in [2.05, 4.69) is 342 Å². The molecule has 13 heteroatoms. The molecule has 0 radical (unpaired) electrons. The molecule has 0 fully saturated rings. The lowest BCUT2D eigenvalue weighted by molar-refractivity contribution is 1.16. The van der Waals surface area contributed by atoms with E-state index in [1.54, 1.807) is 12.4 Å². The maximum Gasteiger partial charge on any atom is 0.160 e. The van der Waals surface area contributed by atoms with Crippen LogP contribution in [0.2, 0.25) is 0 Å². The topological polar surface area (TPSA) is 105 Å². The molecule has 114 heavy (non-hydrogen) atoms. The number of para-hydroxylation sites is 3. The molecule has 21 aromatic rings. The lowest BCUT2D eigenvalue weighted by atomic mass is 9.96. The van der Waals surface area contributed by atoms with E-state index in [1.165, 1.54) is 54.4 Å². The smallest absolute Gasteiger partial charge is 0.160 e. The van der Waals surface area contributed by atoms with E-state index in [0.717, 1.165) is 137 Å². The number of rotatable bonds is 12. The van der Waals surface area contributed by atoms with Gasteiger partial charge in [0.25, 0.3) is 0 Å². The number of pyridine rings is 5. The van der Waals surface area contributed by atoms with Crippen molar-refractivity contribution in [2.24, 2.45) is 0 Å². The van der Waals surface area contributed by atoms with Crippen LogP contribution in [0.5, 0.6) is 0 Å². The van der Waals surface area contributed by atoms with Gasteiger partial charge in [-0.1, -0.05) is 242 Å². The molecule has 0 bridgehead atoms. The van der Waals surface area contributed by atoms with Gasteiger partial charge in [-0.25, -0.2) is 15.0 Å². The first kappa shape index (κ1) is 70.7. The molecule has 12 aromatic carbocycles. The minimum atomic E-state index is 0.716. The molecule has 10 nitrogen and oxygen atoms in total. The Morgan fingerprint density at radius 2 is 0.500 bits per heavy atom. The quantitative estimate of drug-likeness (QED) is 0.120. The van der Waals surface area contributed by atoms with E-state index in [4.69, 9.17) is 15.0 Å². The molecule has 0 saturated heterocycles. The summed E-state index contributed by atoms with van der Waals surface area (Å²) in [7, 11) is 0. The van der Waals surface area contributed by atoms with E-state index in [-0.39, 0.29) is 0 Å². The zero-order valence-electron chi connectivity index (χ0n) is 61.1. The molecule has 0 aliphatic heterocycles. The van der Waals surface area contributed by atoms with Crippen molar-refractivity contribution in [2.75, 3.05) is 0 Å². The van der Waals surface area contributed by atoms with Crippen molar-refractivity contribution in [2.45, 2.75) is 0 Å².